The second-order valence-corrected chi connectivity index (χ2v) is 11.2. The lowest BCUT2D eigenvalue weighted by Crippen LogP contribution is -2.57. The van der Waals surface area contributed by atoms with Crippen molar-refractivity contribution >= 4 is 24.2 Å². The van der Waals surface area contributed by atoms with Gasteiger partial charge in [0.1, 0.15) is 0 Å². The standard InChI is InChI=1S/C13H16BrF5OSi/c1-11(20-21(2,3)4,12(15,16)13(17,18)19)9-5-7-10(14)8-6-9/h5-8H,1-4H3. The summed E-state index contributed by atoms with van der Waals surface area (Å²) in [5.74, 6) is -5.01. The van der Waals surface area contributed by atoms with Crippen LogP contribution in [-0.2, 0) is 10.0 Å². The van der Waals surface area contributed by atoms with Crippen LogP contribution in [0, 0.1) is 0 Å². The molecule has 0 saturated carbocycles. The fourth-order valence-corrected chi connectivity index (χ4v) is 3.69. The van der Waals surface area contributed by atoms with E-state index in [1.54, 1.807) is 19.6 Å². The summed E-state index contributed by atoms with van der Waals surface area (Å²) in [6, 6.07) is 5.25. The third-order valence-electron chi connectivity index (χ3n) is 2.86. The number of halogens is 6. The fraction of sp³-hybridized carbons (Fsp3) is 0.538. The predicted molar refractivity (Wildman–Crippen MR) is 76.9 cm³/mol. The quantitative estimate of drug-likeness (QED) is 0.472. The Labute approximate surface area is 129 Å². The van der Waals surface area contributed by atoms with Crippen LogP contribution in [0.3, 0.4) is 0 Å². The molecule has 0 aliphatic carbocycles. The molecule has 0 aliphatic heterocycles. The van der Waals surface area contributed by atoms with E-state index >= 15 is 0 Å². The van der Waals surface area contributed by atoms with Gasteiger partial charge in [0.05, 0.1) is 0 Å². The first-order valence-corrected chi connectivity index (χ1v) is 10.3. The largest absolute Gasteiger partial charge is 0.456 e. The molecule has 0 N–H and O–H groups in total. The maximum Gasteiger partial charge on any atom is 0.456 e. The molecule has 0 spiro atoms. The summed E-state index contributed by atoms with van der Waals surface area (Å²) >= 11 is 3.12. The first kappa shape index (κ1) is 18.6. The Hall–Kier alpha value is -0.473. The van der Waals surface area contributed by atoms with Crippen molar-refractivity contribution in [3.05, 3.63) is 34.3 Å². The van der Waals surface area contributed by atoms with Crippen LogP contribution in [0.4, 0.5) is 22.0 Å². The smallest absolute Gasteiger partial charge is 0.402 e. The second kappa shape index (κ2) is 5.62. The molecule has 0 radical (unpaired) electrons. The zero-order valence-corrected chi connectivity index (χ0v) is 14.6. The number of hydrogen-bond donors (Lipinski definition) is 0. The Morgan fingerprint density at radius 1 is 0.952 bits per heavy atom. The summed E-state index contributed by atoms with van der Waals surface area (Å²) in [6.07, 6.45) is -5.70. The van der Waals surface area contributed by atoms with Crippen molar-refractivity contribution < 1.29 is 26.4 Å². The average Bonchev–Trinajstić information content (AvgIpc) is 2.25. The molecule has 1 nitrogen and oxygen atoms in total. The lowest BCUT2D eigenvalue weighted by Gasteiger charge is -2.42. The van der Waals surface area contributed by atoms with Crippen molar-refractivity contribution in [2.75, 3.05) is 0 Å². The van der Waals surface area contributed by atoms with Crippen LogP contribution in [0.2, 0.25) is 19.6 Å². The van der Waals surface area contributed by atoms with Gasteiger partial charge in [0.15, 0.2) is 13.9 Å². The molecule has 1 aromatic rings. The summed E-state index contributed by atoms with van der Waals surface area (Å²) in [5.41, 5.74) is -2.98. The van der Waals surface area contributed by atoms with E-state index in [0.29, 0.717) is 4.47 Å². The molecular weight excluding hydrogens is 375 g/mol. The van der Waals surface area contributed by atoms with Crippen LogP contribution in [0.15, 0.2) is 28.7 Å². The molecule has 21 heavy (non-hydrogen) atoms. The van der Waals surface area contributed by atoms with Crippen LogP contribution in [0.1, 0.15) is 12.5 Å². The maximum absolute atomic E-state index is 14.1. The maximum atomic E-state index is 14.1. The average molecular weight is 391 g/mol. The monoisotopic (exact) mass is 390 g/mol. The minimum Gasteiger partial charge on any atom is -0.402 e. The van der Waals surface area contributed by atoms with Gasteiger partial charge < -0.3 is 4.43 Å². The van der Waals surface area contributed by atoms with E-state index in [1.807, 2.05) is 0 Å². The van der Waals surface area contributed by atoms with E-state index in [0.717, 1.165) is 6.92 Å². The van der Waals surface area contributed by atoms with Crippen molar-refractivity contribution in [2.24, 2.45) is 0 Å². The highest BCUT2D eigenvalue weighted by atomic mass is 79.9. The molecule has 8 heteroatoms. The van der Waals surface area contributed by atoms with E-state index in [9.17, 15) is 22.0 Å². The lowest BCUT2D eigenvalue weighted by molar-refractivity contribution is -0.338. The summed E-state index contributed by atoms with van der Waals surface area (Å²) in [5, 5.41) is 0. The zero-order valence-electron chi connectivity index (χ0n) is 12.0. The molecule has 1 aromatic carbocycles. The van der Waals surface area contributed by atoms with Crippen molar-refractivity contribution in [3.63, 3.8) is 0 Å². The number of rotatable bonds is 4. The molecule has 0 amide bonds. The highest BCUT2D eigenvalue weighted by molar-refractivity contribution is 9.10. The minimum absolute atomic E-state index is 0.213. The summed E-state index contributed by atoms with van der Waals surface area (Å²) in [7, 11) is -2.67. The van der Waals surface area contributed by atoms with Crippen molar-refractivity contribution in [2.45, 2.75) is 44.3 Å². The predicted octanol–water partition coefficient (Wildman–Crippen LogP) is 5.71. The molecule has 120 valence electrons. The molecule has 0 aliphatic rings. The Morgan fingerprint density at radius 3 is 1.71 bits per heavy atom. The number of benzene rings is 1. The summed E-state index contributed by atoms with van der Waals surface area (Å²) in [4.78, 5) is 0. The van der Waals surface area contributed by atoms with Crippen LogP contribution in [0.5, 0.6) is 0 Å². The molecule has 1 atom stereocenters. The van der Waals surface area contributed by atoms with Crippen LogP contribution < -0.4 is 0 Å². The highest BCUT2D eigenvalue weighted by Gasteiger charge is 2.70. The van der Waals surface area contributed by atoms with Crippen molar-refractivity contribution in [1.29, 1.82) is 0 Å². The molecule has 0 saturated heterocycles. The molecule has 0 heterocycles. The summed E-state index contributed by atoms with van der Waals surface area (Å²) < 4.78 is 72.5. The Bertz CT molecular complexity index is 495. The van der Waals surface area contributed by atoms with Crippen LogP contribution in [-0.4, -0.2) is 20.4 Å². The van der Waals surface area contributed by atoms with Gasteiger partial charge in [0.25, 0.3) is 0 Å². The first-order valence-electron chi connectivity index (χ1n) is 6.11. The highest BCUT2D eigenvalue weighted by Crippen LogP contribution is 2.51. The van der Waals surface area contributed by atoms with Crippen molar-refractivity contribution in [3.8, 4) is 0 Å². The number of hydrogen-bond acceptors (Lipinski definition) is 1. The normalized spacial score (nSPS) is 16.7. The Kier molecular flexibility index (Phi) is 4.97. The van der Waals surface area contributed by atoms with Gasteiger partial charge in [-0.2, -0.15) is 22.0 Å². The molecule has 0 bridgehead atoms. The third-order valence-corrected chi connectivity index (χ3v) is 4.41. The van der Waals surface area contributed by atoms with E-state index in [1.165, 1.54) is 24.3 Å². The van der Waals surface area contributed by atoms with Gasteiger partial charge >= 0.3 is 12.1 Å². The SMILES string of the molecule is CC(O[Si](C)(C)C)(c1ccc(Br)cc1)C(F)(F)C(F)(F)F. The van der Waals surface area contributed by atoms with Gasteiger partial charge in [-0.1, -0.05) is 28.1 Å². The van der Waals surface area contributed by atoms with Gasteiger partial charge in [0, 0.05) is 4.47 Å². The zero-order chi connectivity index (χ0) is 16.7. The fourth-order valence-electron chi connectivity index (χ4n) is 1.96. The van der Waals surface area contributed by atoms with Crippen LogP contribution >= 0.6 is 15.9 Å². The van der Waals surface area contributed by atoms with E-state index in [2.05, 4.69) is 15.9 Å². The summed E-state index contributed by atoms with van der Waals surface area (Å²) in [6.45, 7) is 5.49. The van der Waals surface area contributed by atoms with Crippen LogP contribution in [0.25, 0.3) is 0 Å². The van der Waals surface area contributed by atoms with Gasteiger partial charge in [0.2, 0.25) is 0 Å². The van der Waals surface area contributed by atoms with Crippen molar-refractivity contribution in [1.82, 2.24) is 0 Å². The third kappa shape index (κ3) is 3.84. The molecular formula is C13H16BrF5OSi. The minimum atomic E-state index is -5.70. The molecule has 1 rings (SSSR count). The number of alkyl halides is 5. The van der Waals surface area contributed by atoms with Gasteiger partial charge in [-0.05, 0) is 44.3 Å². The second-order valence-electron chi connectivity index (χ2n) is 5.83. The van der Waals surface area contributed by atoms with E-state index in [4.69, 9.17) is 4.43 Å². The molecule has 0 aromatic heterocycles. The van der Waals surface area contributed by atoms with Gasteiger partial charge in [-0.25, -0.2) is 0 Å². The molecule has 1 unspecified atom stereocenters. The van der Waals surface area contributed by atoms with Gasteiger partial charge in [-0.15, -0.1) is 0 Å². The lowest BCUT2D eigenvalue weighted by atomic mass is 9.89. The first-order chi connectivity index (χ1) is 9.21. The topological polar surface area (TPSA) is 9.23 Å². The van der Waals surface area contributed by atoms with E-state index < -0.39 is 26.0 Å². The Morgan fingerprint density at radius 2 is 1.38 bits per heavy atom. The van der Waals surface area contributed by atoms with E-state index in [-0.39, 0.29) is 5.56 Å². The van der Waals surface area contributed by atoms with Gasteiger partial charge in [-0.3, -0.25) is 0 Å². The Balaban J connectivity index is 3.47. The molecule has 0 fully saturated rings.